The average molecular weight is 284 g/mol. The Morgan fingerprint density at radius 3 is 2.89 bits per heavy atom. The van der Waals surface area contributed by atoms with Crippen LogP contribution in [0.15, 0.2) is 23.1 Å². The van der Waals surface area contributed by atoms with Crippen molar-refractivity contribution in [2.24, 2.45) is 0 Å². The van der Waals surface area contributed by atoms with Gasteiger partial charge in [0.15, 0.2) is 0 Å². The molecule has 6 heteroatoms. The molecule has 0 fully saturated rings. The van der Waals surface area contributed by atoms with Crippen molar-refractivity contribution < 1.29 is 13.2 Å². The van der Waals surface area contributed by atoms with Crippen LogP contribution in [0.2, 0.25) is 0 Å². The second kappa shape index (κ2) is 5.48. The normalized spacial score (nSPS) is 16.2. The van der Waals surface area contributed by atoms with Gasteiger partial charge >= 0.3 is 0 Å². The first-order chi connectivity index (χ1) is 8.96. The topological polar surface area (TPSA) is 58.6 Å². The average Bonchev–Trinajstić information content (AvgIpc) is 2.85. The van der Waals surface area contributed by atoms with Gasteiger partial charge in [-0.05, 0) is 31.0 Å². The molecule has 1 unspecified atom stereocenters. The molecule has 2 rings (SSSR count). The van der Waals surface area contributed by atoms with Gasteiger partial charge in [-0.15, -0.1) is 0 Å². The molecule has 0 bridgehead atoms. The third kappa shape index (κ3) is 2.75. The van der Waals surface area contributed by atoms with Crippen molar-refractivity contribution in [3.63, 3.8) is 0 Å². The second-order valence-electron chi connectivity index (χ2n) is 4.82. The van der Waals surface area contributed by atoms with Crippen molar-refractivity contribution >= 4 is 15.7 Å². The molecule has 1 heterocycles. The van der Waals surface area contributed by atoms with Gasteiger partial charge in [-0.25, -0.2) is 8.42 Å². The number of likely N-dealkylation sites (N-methyl/N-ethyl adjacent to an activating group) is 1. The van der Waals surface area contributed by atoms with E-state index in [1.54, 1.807) is 26.3 Å². The van der Waals surface area contributed by atoms with E-state index in [0.717, 1.165) is 18.7 Å². The van der Waals surface area contributed by atoms with Crippen LogP contribution in [-0.4, -0.2) is 46.1 Å². The second-order valence-corrected chi connectivity index (χ2v) is 6.82. The summed E-state index contributed by atoms with van der Waals surface area (Å²) >= 11 is 0. The molecule has 1 aromatic rings. The minimum atomic E-state index is -3.47. The van der Waals surface area contributed by atoms with Gasteiger partial charge in [0.2, 0.25) is 10.0 Å². The molecule has 1 atom stereocenters. The first-order valence-corrected chi connectivity index (χ1v) is 7.74. The van der Waals surface area contributed by atoms with Crippen molar-refractivity contribution in [3.8, 4) is 0 Å². The molecule has 0 radical (unpaired) electrons. The Morgan fingerprint density at radius 2 is 2.21 bits per heavy atom. The van der Waals surface area contributed by atoms with E-state index < -0.39 is 10.0 Å². The van der Waals surface area contributed by atoms with Crippen LogP contribution in [0.3, 0.4) is 0 Å². The summed E-state index contributed by atoms with van der Waals surface area (Å²) in [5.74, 6) is 0. The molecule has 1 aliphatic rings. The van der Waals surface area contributed by atoms with Gasteiger partial charge in [-0.2, -0.15) is 4.31 Å². The number of methoxy groups -OCH3 is 1. The zero-order valence-electron chi connectivity index (χ0n) is 11.5. The highest BCUT2D eigenvalue weighted by atomic mass is 32.2. The lowest BCUT2D eigenvalue weighted by atomic mass is 10.2. The molecule has 1 aromatic carbocycles. The third-order valence-corrected chi connectivity index (χ3v) is 5.46. The van der Waals surface area contributed by atoms with Crippen molar-refractivity contribution in [1.82, 2.24) is 4.31 Å². The van der Waals surface area contributed by atoms with Crippen molar-refractivity contribution in [2.75, 3.05) is 32.6 Å². The van der Waals surface area contributed by atoms with E-state index >= 15 is 0 Å². The van der Waals surface area contributed by atoms with Crippen molar-refractivity contribution in [2.45, 2.75) is 24.3 Å². The van der Waals surface area contributed by atoms with E-state index in [2.05, 4.69) is 5.32 Å². The van der Waals surface area contributed by atoms with E-state index in [4.69, 9.17) is 4.74 Å². The van der Waals surface area contributed by atoms with Crippen LogP contribution in [0.25, 0.3) is 0 Å². The van der Waals surface area contributed by atoms with E-state index in [1.165, 1.54) is 9.87 Å². The van der Waals surface area contributed by atoms with Crippen LogP contribution in [0.1, 0.15) is 12.5 Å². The van der Waals surface area contributed by atoms with Crippen LogP contribution < -0.4 is 5.32 Å². The highest BCUT2D eigenvalue weighted by Crippen LogP contribution is 2.27. The van der Waals surface area contributed by atoms with Gasteiger partial charge in [0.05, 0.1) is 11.5 Å². The first kappa shape index (κ1) is 14.3. The molecule has 5 nitrogen and oxygen atoms in total. The minimum Gasteiger partial charge on any atom is -0.384 e. The number of anilines is 1. The lowest BCUT2D eigenvalue weighted by Crippen LogP contribution is -2.37. The number of rotatable bonds is 5. The molecule has 1 N–H and O–H groups in total. The summed E-state index contributed by atoms with van der Waals surface area (Å²) in [6.45, 7) is 3.07. The Labute approximate surface area is 114 Å². The largest absolute Gasteiger partial charge is 0.384 e. The predicted octanol–water partition coefficient (Wildman–Crippen LogP) is 1.31. The number of fused-ring (bicyclic) bond motifs is 1. The smallest absolute Gasteiger partial charge is 0.243 e. The summed E-state index contributed by atoms with van der Waals surface area (Å²) in [7, 11) is -0.320. The van der Waals surface area contributed by atoms with Crippen LogP contribution in [0, 0.1) is 0 Å². The third-order valence-electron chi connectivity index (χ3n) is 3.50. The Hall–Kier alpha value is -1.11. The highest BCUT2D eigenvalue weighted by Gasteiger charge is 2.26. The molecule has 0 amide bonds. The monoisotopic (exact) mass is 284 g/mol. The summed E-state index contributed by atoms with van der Waals surface area (Å²) < 4.78 is 31.3. The standard InChI is InChI=1S/C13H20N2O3S/c1-10(9-18-3)15(2)19(16,17)12-5-4-11-6-7-14-13(11)8-12/h4-5,8,10,14H,6-7,9H2,1-3H3. The SMILES string of the molecule is COCC(C)N(C)S(=O)(=O)c1ccc2c(c1)NCC2. The minimum absolute atomic E-state index is 0.198. The molecular formula is C13H20N2O3S. The van der Waals surface area contributed by atoms with Crippen LogP contribution >= 0.6 is 0 Å². The summed E-state index contributed by atoms with van der Waals surface area (Å²) in [4.78, 5) is 0.325. The summed E-state index contributed by atoms with van der Waals surface area (Å²) in [6.07, 6.45) is 0.950. The van der Waals surface area contributed by atoms with Crippen molar-refractivity contribution in [1.29, 1.82) is 0 Å². The molecular weight excluding hydrogens is 264 g/mol. The maximum Gasteiger partial charge on any atom is 0.243 e. The summed E-state index contributed by atoms with van der Waals surface area (Å²) in [5.41, 5.74) is 2.10. The lowest BCUT2D eigenvalue weighted by Gasteiger charge is -2.23. The molecule has 0 spiro atoms. The number of nitrogens with zero attached hydrogens (tertiary/aromatic N) is 1. The zero-order chi connectivity index (χ0) is 14.0. The van der Waals surface area contributed by atoms with E-state index in [9.17, 15) is 8.42 Å². The molecule has 19 heavy (non-hydrogen) atoms. The van der Waals surface area contributed by atoms with Gasteiger partial charge in [0.1, 0.15) is 0 Å². The quantitative estimate of drug-likeness (QED) is 0.885. The molecule has 0 saturated carbocycles. The Balaban J connectivity index is 2.29. The highest BCUT2D eigenvalue weighted by molar-refractivity contribution is 7.89. The Kier molecular flexibility index (Phi) is 4.13. The maximum absolute atomic E-state index is 12.5. The predicted molar refractivity (Wildman–Crippen MR) is 74.9 cm³/mol. The van der Waals surface area contributed by atoms with Gasteiger partial charge in [0.25, 0.3) is 0 Å². The maximum atomic E-state index is 12.5. The molecule has 1 aliphatic heterocycles. The van der Waals surface area contributed by atoms with E-state index in [-0.39, 0.29) is 6.04 Å². The molecule has 0 aromatic heterocycles. The number of benzene rings is 1. The Bertz CT molecular complexity index is 557. The number of ether oxygens (including phenoxy) is 1. The molecule has 0 saturated heterocycles. The fourth-order valence-electron chi connectivity index (χ4n) is 2.18. The number of hydrogen-bond donors (Lipinski definition) is 1. The lowest BCUT2D eigenvalue weighted by molar-refractivity contribution is 0.149. The Morgan fingerprint density at radius 1 is 1.47 bits per heavy atom. The van der Waals surface area contributed by atoms with Gasteiger partial charge in [0, 0.05) is 32.4 Å². The summed E-state index contributed by atoms with van der Waals surface area (Å²) in [5, 5.41) is 3.20. The van der Waals surface area contributed by atoms with Crippen molar-refractivity contribution in [3.05, 3.63) is 23.8 Å². The molecule has 0 aliphatic carbocycles. The van der Waals surface area contributed by atoms with Gasteiger partial charge in [-0.3, -0.25) is 0 Å². The first-order valence-electron chi connectivity index (χ1n) is 6.30. The van der Waals surface area contributed by atoms with Gasteiger partial charge in [-0.1, -0.05) is 6.07 Å². The number of sulfonamides is 1. The summed E-state index contributed by atoms with van der Waals surface area (Å²) in [6, 6.07) is 5.08. The number of nitrogens with one attached hydrogen (secondary N) is 1. The zero-order valence-corrected chi connectivity index (χ0v) is 12.3. The van der Waals surface area contributed by atoms with Crippen LogP contribution in [0.5, 0.6) is 0 Å². The van der Waals surface area contributed by atoms with Gasteiger partial charge < -0.3 is 10.1 Å². The molecule has 106 valence electrons. The number of hydrogen-bond acceptors (Lipinski definition) is 4. The fraction of sp³-hybridized carbons (Fsp3) is 0.538. The van der Waals surface area contributed by atoms with E-state index in [0.29, 0.717) is 11.5 Å². The fourth-order valence-corrected chi connectivity index (χ4v) is 3.55. The van der Waals surface area contributed by atoms with Crippen LogP contribution in [0.4, 0.5) is 5.69 Å². The van der Waals surface area contributed by atoms with Crippen LogP contribution in [-0.2, 0) is 21.2 Å². The van der Waals surface area contributed by atoms with E-state index in [1.807, 2.05) is 13.0 Å².